The molecule has 0 saturated heterocycles. The summed E-state index contributed by atoms with van der Waals surface area (Å²) in [6, 6.07) is 16.1. The highest BCUT2D eigenvalue weighted by molar-refractivity contribution is 5.69. The monoisotopic (exact) mass is 465 g/mol. The lowest BCUT2D eigenvalue weighted by atomic mass is 10.1. The zero-order valence-corrected chi connectivity index (χ0v) is 21.7. The number of benzene rings is 1. The Morgan fingerprint density at radius 3 is 1.91 bits per heavy atom. The minimum absolute atomic E-state index is 0.0415. The number of ether oxygens (including phenoxy) is 1. The minimum atomic E-state index is -0.0415. The molecule has 0 radical (unpaired) electrons. The van der Waals surface area contributed by atoms with E-state index in [1.807, 2.05) is 49.5 Å². The Balaban J connectivity index is 0.000000398. The van der Waals surface area contributed by atoms with Crippen LogP contribution in [-0.2, 0) is 9.53 Å². The normalized spacial score (nSPS) is 10.6. The van der Waals surface area contributed by atoms with E-state index in [4.69, 9.17) is 4.74 Å². The van der Waals surface area contributed by atoms with Crippen LogP contribution in [0.5, 0.6) is 0 Å². The first kappa shape index (κ1) is 29.6. The molecule has 0 N–H and O–H groups in total. The van der Waals surface area contributed by atoms with Crippen molar-refractivity contribution in [2.24, 2.45) is 0 Å². The molecule has 0 unspecified atom stereocenters. The van der Waals surface area contributed by atoms with Gasteiger partial charge in [0.1, 0.15) is 0 Å². The molecule has 0 bridgehead atoms. The Kier molecular flexibility index (Phi) is 19.5. The van der Waals surface area contributed by atoms with E-state index < -0.39 is 0 Å². The molecule has 3 nitrogen and oxygen atoms in total. The van der Waals surface area contributed by atoms with Crippen molar-refractivity contribution in [1.29, 1.82) is 0 Å². The number of unbranched alkanes of at least 4 members (excludes halogenated alkanes) is 11. The van der Waals surface area contributed by atoms with E-state index in [0.29, 0.717) is 13.0 Å². The van der Waals surface area contributed by atoms with Gasteiger partial charge in [-0.1, -0.05) is 107 Å². The molecule has 1 aromatic carbocycles. The van der Waals surface area contributed by atoms with Crippen molar-refractivity contribution in [2.75, 3.05) is 6.61 Å². The number of hydrogen-bond acceptors (Lipinski definition) is 3. The van der Waals surface area contributed by atoms with Gasteiger partial charge in [-0.3, -0.25) is 9.78 Å². The third-order valence-corrected chi connectivity index (χ3v) is 5.68. The van der Waals surface area contributed by atoms with Crippen LogP contribution in [0.2, 0.25) is 0 Å². The minimum Gasteiger partial charge on any atom is -0.466 e. The van der Waals surface area contributed by atoms with E-state index >= 15 is 0 Å². The van der Waals surface area contributed by atoms with Crippen molar-refractivity contribution < 1.29 is 9.53 Å². The van der Waals surface area contributed by atoms with Gasteiger partial charge in [-0.05, 0) is 51.2 Å². The zero-order chi connectivity index (χ0) is 24.5. The Morgan fingerprint density at radius 1 is 0.735 bits per heavy atom. The summed E-state index contributed by atoms with van der Waals surface area (Å²) in [5.74, 6) is -0.0415. The Morgan fingerprint density at radius 2 is 1.32 bits per heavy atom. The van der Waals surface area contributed by atoms with Crippen molar-refractivity contribution >= 4 is 5.97 Å². The summed E-state index contributed by atoms with van der Waals surface area (Å²) >= 11 is 0. The number of pyridine rings is 1. The highest BCUT2D eigenvalue weighted by atomic mass is 16.5. The van der Waals surface area contributed by atoms with Crippen LogP contribution < -0.4 is 0 Å². The molecule has 0 aliphatic carbocycles. The van der Waals surface area contributed by atoms with Gasteiger partial charge in [0.15, 0.2) is 0 Å². The van der Waals surface area contributed by atoms with Gasteiger partial charge < -0.3 is 4.74 Å². The molecule has 3 heteroatoms. The first-order chi connectivity index (χ1) is 16.8. The van der Waals surface area contributed by atoms with Gasteiger partial charge in [0.2, 0.25) is 0 Å². The SMILES string of the molecule is CCCCCCCC/C=C\CCCCCCCC(=O)OCC.c1ccc(-c2ccccn2)cc1. The fourth-order valence-corrected chi connectivity index (χ4v) is 3.72. The number of rotatable bonds is 17. The lowest BCUT2D eigenvalue weighted by molar-refractivity contribution is -0.143. The van der Waals surface area contributed by atoms with Crippen molar-refractivity contribution in [2.45, 2.75) is 104 Å². The maximum absolute atomic E-state index is 11.1. The summed E-state index contributed by atoms with van der Waals surface area (Å²) in [7, 11) is 0. The maximum atomic E-state index is 11.1. The molecule has 0 fully saturated rings. The van der Waals surface area contributed by atoms with E-state index in [1.54, 1.807) is 0 Å². The second kappa shape index (κ2) is 22.4. The summed E-state index contributed by atoms with van der Waals surface area (Å²) in [4.78, 5) is 15.4. The molecule has 0 aliphatic rings. The molecule has 1 heterocycles. The highest BCUT2D eigenvalue weighted by Gasteiger charge is 2.00. The molecule has 2 rings (SSSR count). The van der Waals surface area contributed by atoms with E-state index in [1.165, 1.54) is 70.6 Å². The van der Waals surface area contributed by atoms with Crippen molar-refractivity contribution in [3.63, 3.8) is 0 Å². The number of hydrogen-bond donors (Lipinski definition) is 0. The predicted molar refractivity (Wildman–Crippen MR) is 146 cm³/mol. The average Bonchev–Trinajstić information content (AvgIpc) is 2.88. The summed E-state index contributed by atoms with van der Waals surface area (Å²) in [6.45, 7) is 4.63. The average molecular weight is 466 g/mol. The molecular weight excluding hydrogens is 418 g/mol. The third-order valence-electron chi connectivity index (χ3n) is 5.68. The molecule has 2 aromatic rings. The third kappa shape index (κ3) is 17.1. The highest BCUT2D eigenvalue weighted by Crippen LogP contribution is 2.14. The largest absolute Gasteiger partial charge is 0.466 e. The van der Waals surface area contributed by atoms with Gasteiger partial charge in [-0.25, -0.2) is 0 Å². The Labute approximate surface area is 209 Å². The Bertz CT molecular complexity index is 690. The van der Waals surface area contributed by atoms with Crippen molar-refractivity contribution in [1.82, 2.24) is 4.98 Å². The van der Waals surface area contributed by atoms with Crippen molar-refractivity contribution in [3.05, 3.63) is 66.9 Å². The number of carbonyl (C=O) groups excluding carboxylic acids is 1. The summed E-state index contributed by atoms with van der Waals surface area (Å²) < 4.78 is 4.91. The van der Waals surface area contributed by atoms with E-state index in [9.17, 15) is 4.79 Å². The quantitative estimate of drug-likeness (QED) is 0.133. The molecule has 0 spiro atoms. The first-order valence-corrected chi connectivity index (χ1v) is 13.5. The number of carbonyl (C=O) groups is 1. The molecule has 0 saturated carbocycles. The van der Waals surface area contributed by atoms with Gasteiger partial charge in [0.25, 0.3) is 0 Å². The summed E-state index contributed by atoms with van der Waals surface area (Å²) in [5.41, 5.74) is 2.19. The fraction of sp³-hybridized carbons (Fsp3) is 0.548. The smallest absolute Gasteiger partial charge is 0.305 e. The number of allylic oxidation sites excluding steroid dienone is 2. The summed E-state index contributed by atoms with van der Waals surface area (Å²) in [5, 5.41) is 0. The predicted octanol–water partition coefficient (Wildman–Crippen LogP) is 9.34. The van der Waals surface area contributed by atoms with Gasteiger partial charge in [-0.2, -0.15) is 0 Å². The number of aromatic nitrogens is 1. The zero-order valence-electron chi connectivity index (χ0n) is 21.7. The van der Waals surface area contributed by atoms with Crippen LogP contribution in [0.4, 0.5) is 0 Å². The topological polar surface area (TPSA) is 39.2 Å². The van der Waals surface area contributed by atoms with E-state index in [-0.39, 0.29) is 5.97 Å². The van der Waals surface area contributed by atoms with Gasteiger partial charge >= 0.3 is 5.97 Å². The van der Waals surface area contributed by atoms with Crippen LogP contribution in [0.25, 0.3) is 11.3 Å². The molecule has 0 atom stereocenters. The standard InChI is InChI=1S/C20H38O2.C11H9N/c1-3-5-6-7-8-9-10-11-12-13-14-15-16-17-18-19-20(21)22-4-2;1-2-6-10(7-3-1)11-8-4-5-9-12-11/h11-12H,3-10,13-19H2,1-2H3;1-9H/b12-11-;. The lowest BCUT2D eigenvalue weighted by Gasteiger charge is -2.01. The molecule has 1 aromatic heterocycles. The summed E-state index contributed by atoms with van der Waals surface area (Å²) in [6.07, 6.45) is 23.8. The van der Waals surface area contributed by atoms with Crippen LogP contribution in [0.15, 0.2) is 66.9 Å². The first-order valence-electron chi connectivity index (χ1n) is 13.5. The van der Waals surface area contributed by atoms with Crippen LogP contribution in [0, 0.1) is 0 Å². The van der Waals surface area contributed by atoms with Gasteiger partial charge in [-0.15, -0.1) is 0 Å². The van der Waals surface area contributed by atoms with Crippen LogP contribution >= 0.6 is 0 Å². The van der Waals surface area contributed by atoms with Gasteiger partial charge in [0.05, 0.1) is 12.3 Å². The molecular formula is C31H47NO2. The van der Waals surface area contributed by atoms with Crippen LogP contribution in [0.1, 0.15) is 104 Å². The molecule has 188 valence electrons. The maximum Gasteiger partial charge on any atom is 0.305 e. The van der Waals surface area contributed by atoms with Crippen LogP contribution in [0.3, 0.4) is 0 Å². The second-order valence-corrected chi connectivity index (χ2v) is 8.72. The molecule has 0 amide bonds. The van der Waals surface area contributed by atoms with E-state index in [2.05, 4.69) is 36.2 Å². The van der Waals surface area contributed by atoms with E-state index in [0.717, 1.165) is 24.1 Å². The number of esters is 1. The second-order valence-electron chi connectivity index (χ2n) is 8.72. The lowest BCUT2D eigenvalue weighted by Crippen LogP contribution is -2.03. The van der Waals surface area contributed by atoms with Crippen LogP contribution in [-0.4, -0.2) is 17.6 Å². The Hall–Kier alpha value is -2.42. The molecule has 34 heavy (non-hydrogen) atoms. The number of nitrogens with zero attached hydrogens (tertiary/aromatic N) is 1. The van der Waals surface area contributed by atoms with Gasteiger partial charge in [0, 0.05) is 18.2 Å². The van der Waals surface area contributed by atoms with Crippen molar-refractivity contribution in [3.8, 4) is 11.3 Å². The fourth-order valence-electron chi connectivity index (χ4n) is 3.72. The molecule has 0 aliphatic heterocycles.